The minimum atomic E-state index is 0.0654. The van der Waals surface area contributed by atoms with Gasteiger partial charge in [-0.05, 0) is 18.5 Å². The van der Waals surface area contributed by atoms with Crippen LogP contribution in [0.15, 0.2) is 0 Å². The number of nitrogens with one attached hydrogen (secondary N) is 1. The number of aromatic nitrogens is 2. The molecule has 4 nitrogen and oxygen atoms in total. The molecular weight excluding hydrogens is 208 g/mol. The van der Waals surface area contributed by atoms with E-state index >= 15 is 0 Å². The Hall–Kier alpha value is -0.520. The first-order valence-corrected chi connectivity index (χ1v) is 5.97. The van der Waals surface area contributed by atoms with Crippen molar-refractivity contribution in [2.75, 3.05) is 6.54 Å². The molecule has 1 rings (SSSR count). The van der Waals surface area contributed by atoms with Crippen LogP contribution in [-0.2, 0) is 12.0 Å². The first kappa shape index (κ1) is 12.5. The molecule has 1 aromatic heterocycles. The van der Waals surface area contributed by atoms with Crippen molar-refractivity contribution in [1.82, 2.24) is 14.9 Å². The second kappa shape index (κ2) is 5.01. The largest absolute Gasteiger partial charge is 0.329 e. The monoisotopic (exact) mass is 228 g/mol. The molecule has 0 aliphatic rings. The van der Waals surface area contributed by atoms with Crippen LogP contribution >= 0.6 is 11.5 Å². The molecule has 0 saturated carbocycles. The maximum absolute atomic E-state index is 5.54. The lowest BCUT2D eigenvalue weighted by atomic mass is 9.91. The SMILES string of the molecule is C[C@H](CN)NCc1snnc1C(C)(C)C. The standard InChI is InChI=1S/C10H20N4S/c1-7(5-11)12-6-8-9(10(2,3)4)13-14-15-8/h7,12H,5-6,11H2,1-4H3/t7-/m1/s1. The summed E-state index contributed by atoms with van der Waals surface area (Å²) in [6.07, 6.45) is 0. The lowest BCUT2D eigenvalue weighted by Crippen LogP contribution is -2.33. The highest BCUT2D eigenvalue weighted by Gasteiger charge is 2.21. The first-order chi connectivity index (χ1) is 6.95. The molecule has 1 heterocycles. The summed E-state index contributed by atoms with van der Waals surface area (Å²) in [5.41, 5.74) is 6.70. The van der Waals surface area contributed by atoms with Crippen LogP contribution in [0.3, 0.4) is 0 Å². The molecule has 0 aromatic carbocycles. The molecule has 0 radical (unpaired) electrons. The Bertz CT molecular complexity index is 303. The Morgan fingerprint density at radius 2 is 2.13 bits per heavy atom. The highest BCUT2D eigenvalue weighted by Crippen LogP contribution is 2.25. The molecule has 86 valence electrons. The lowest BCUT2D eigenvalue weighted by molar-refractivity contribution is 0.531. The molecule has 1 atom stereocenters. The van der Waals surface area contributed by atoms with Crippen molar-refractivity contribution in [2.24, 2.45) is 5.73 Å². The molecule has 0 saturated heterocycles. The van der Waals surface area contributed by atoms with Gasteiger partial charge in [-0.1, -0.05) is 25.3 Å². The Labute approximate surface area is 95.4 Å². The molecule has 3 N–H and O–H groups in total. The van der Waals surface area contributed by atoms with Crippen molar-refractivity contribution in [3.63, 3.8) is 0 Å². The summed E-state index contributed by atoms with van der Waals surface area (Å²) in [7, 11) is 0. The Morgan fingerprint density at radius 3 is 2.67 bits per heavy atom. The van der Waals surface area contributed by atoms with E-state index in [-0.39, 0.29) is 5.41 Å². The maximum atomic E-state index is 5.54. The van der Waals surface area contributed by atoms with Gasteiger partial charge >= 0.3 is 0 Å². The normalized spacial score (nSPS) is 14.2. The van der Waals surface area contributed by atoms with Gasteiger partial charge in [-0.15, -0.1) is 5.10 Å². The third-order valence-corrected chi connectivity index (χ3v) is 2.95. The minimum absolute atomic E-state index is 0.0654. The van der Waals surface area contributed by atoms with E-state index in [0.29, 0.717) is 12.6 Å². The molecule has 0 amide bonds. The van der Waals surface area contributed by atoms with Crippen molar-refractivity contribution in [3.05, 3.63) is 10.6 Å². The fraction of sp³-hybridized carbons (Fsp3) is 0.800. The van der Waals surface area contributed by atoms with E-state index in [9.17, 15) is 0 Å². The summed E-state index contributed by atoms with van der Waals surface area (Å²) < 4.78 is 4.01. The van der Waals surface area contributed by atoms with Crippen LogP contribution in [0, 0.1) is 0 Å². The zero-order chi connectivity index (χ0) is 11.5. The van der Waals surface area contributed by atoms with E-state index in [2.05, 4.69) is 42.6 Å². The third kappa shape index (κ3) is 3.52. The zero-order valence-corrected chi connectivity index (χ0v) is 10.7. The van der Waals surface area contributed by atoms with Gasteiger partial charge in [0.05, 0.1) is 10.6 Å². The van der Waals surface area contributed by atoms with Gasteiger partial charge in [-0.3, -0.25) is 0 Å². The molecule has 1 aromatic rings. The van der Waals surface area contributed by atoms with Crippen LogP contribution in [0.4, 0.5) is 0 Å². The predicted octanol–water partition coefficient (Wildman–Crippen LogP) is 1.27. The molecule has 0 bridgehead atoms. The van der Waals surface area contributed by atoms with Gasteiger partial charge in [0, 0.05) is 24.5 Å². The average Bonchev–Trinajstić information content (AvgIpc) is 2.61. The maximum Gasteiger partial charge on any atom is 0.0854 e. The number of hydrogen-bond donors (Lipinski definition) is 2. The summed E-state index contributed by atoms with van der Waals surface area (Å²) in [5, 5.41) is 7.54. The summed E-state index contributed by atoms with van der Waals surface area (Å²) >= 11 is 1.46. The van der Waals surface area contributed by atoms with Gasteiger partial charge in [0.15, 0.2) is 0 Å². The molecule has 0 aliphatic carbocycles. The second-order valence-electron chi connectivity index (χ2n) is 4.81. The summed E-state index contributed by atoms with van der Waals surface area (Å²) in [5.74, 6) is 0. The van der Waals surface area contributed by atoms with E-state index < -0.39 is 0 Å². The van der Waals surface area contributed by atoms with Crippen LogP contribution in [0.2, 0.25) is 0 Å². The molecule has 0 fully saturated rings. The molecule has 15 heavy (non-hydrogen) atoms. The van der Waals surface area contributed by atoms with Gasteiger partial charge in [-0.2, -0.15) is 0 Å². The van der Waals surface area contributed by atoms with E-state index in [4.69, 9.17) is 5.73 Å². The van der Waals surface area contributed by atoms with Gasteiger partial charge in [0.25, 0.3) is 0 Å². The van der Waals surface area contributed by atoms with Crippen molar-refractivity contribution in [3.8, 4) is 0 Å². The van der Waals surface area contributed by atoms with Crippen LogP contribution < -0.4 is 11.1 Å². The van der Waals surface area contributed by atoms with Crippen molar-refractivity contribution >= 4 is 11.5 Å². The van der Waals surface area contributed by atoms with Crippen molar-refractivity contribution in [1.29, 1.82) is 0 Å². The molecule has 0 spiro atoms. The second-order valence-corrected chi connectivity index (χ2v) is 5.65. The highest BCUT2D eigenvalue weighted by atomic mass is 32.1. The van der Waals surface area contributed by atoms with E-state index in [1.807, 2.05) is 0 Å². The van der Waals surface area contributed by atoms with Crippen LogP contribution in [-0.4, -0.2) is 22.2 Å². The van der Waals surface area contributed by atoms with Crippen LogP contribution in [0.25, 0.3) is 0 Å². The van der Waals surface area contributed by atoms with Gasteiger partial charge in [0.2, 0.25) is 0 Å². The number of rotatable bonds is 4. The Morgan fingerprint density at radius 1 is 1.47 bits per heavy atom. The quantitative estimate of drug-likeness (QED) is 0.814. The predicted molar refractivity (Wildman–Crippen MR) is 64.0 cm³/mol. The van der Waals surface area contributed by atoms with Crippen LogP contribution in [0.5, 0.6) is 0 Å². The summed E-state index contributed by atoms with van der Waals surface area (Å²) in [6, 6.07) is 0.333. The first-order valence-electron chi connectivity index (χ1n) is 5.20. The third-order valence-electron chi connectivity index (χ3n) is 2.23. The Balaban J connectivity index is 2.66. The number of nitrogens with two attached hydrogens (primary N) is 1. The highest BCUT2D eigenvalue weighted by molar-refractivity contribution is 7.05. The van der Waals surface area contributed by atoms with E-state index in [0.717, 1.165) is 12.2 Å². The van der Waals surface area contributed by atoms with Gasteiger partial charge < -0.3 is 11.1 Å². The zero-order valence-electron chi connectivity index (χ0n) is 9.87. The van der Waals surface area contributed by atoms with Crippen LogP contribution in [0.1, 0.15) is 38.3 Å². The summed E-state index contributed by atoms with van der Waals surface area (Å²) in [4.78, 5) is 1.21. The van der Waals surface area contributed by atoms with Gasteiger partial charge in [-0.25, -0.2) is 0 Å². The number of nitrogens with zero attached hydrogens (tertiary/aromatic N) is 2. The van der Waals surface area contributed by atoms with Crippen molar-refractivity contribution < 1.29 is 0 Å². The number of hydrogen-bond acceptors (Lipinski definition) is 5. The molecule has 0 aliphatic heterocycles. The molecular formula is C10H20N4S. The smallest absolute Gasteiger partial charge is 0.0854 e. The fourth-order valence-electron chi connectivity index (χ4n) is 1.24. The van der Waals surface area contributed by atoms with E-state index in [1.54, 1.807) is 0 Å². The molecule has 5 heteroatoms. The minimum Gasteiger partial charge on any atom is -0.329 e. The average molecular weight is 228 g/mol. The fourth-order valence-corrected chi connectivity index (χ4v) is 2.05. The van der Waals surface area contributed by atoms with E-state index in [1.165, 1.54) is 16.4 Å². The molecule has 0 unspecified atom stereocenters. The lowest BCUT2D eigenvalue weighted by Gasteiger charge is -2.17. The van der Waals surface area contributed by atoms with Crippen molar-refractivity contribution in [2.45, 2.75) is 45.7 Å². The summed E-state index contributed by atoms with van der Waals surface area (Å²) in [6.45, 7) is 9.99. The Kier molecular flexibility index (Phi) is 4.19. The topological polar surface area (TPSA) is 63.8 Å². The van der Waals surface area contributed by atoms with Gasteiger partial charge in [0.1, 0.15) is 0 Å².